The molecule has 1 unspecified atom stereocenters. The summed E-state index contributed by atoms with van der Waals surface area (Å²) in [5.74, 6) is -0.479. The van der Waals surface area contributed by atoms with Crippen LogP contribution in [0, 0.1) is 5.92 Å². The fourth-order valence-corrected chi connectivity index (χ4v) is 1.48. The number of hydrogen-bond donors (Lipinski definition) is 2. The molecule has 0 radical (unpaired) electrons. The molecule has 0 amide bonds. The average molecular weight is 194 g/mol. The number of fused-ring (bicyclic) bond motifs is 1. The number of rotatable bonds is 0. The van der Waals surface area contributed by atoms with E-state index in [0.29, 0.717) is 0 Å². The summed E-state index contributed by atoms with van der Waals surface area (Å²) in [5, 5.41) is 18.6. The SMILES string of the molecule is CC1COc2cc(O)cc(O)c2C1=O. The molecule has 4 heteroatoms. The molecule has 1 aliphatic rings. The minimum atomic E-state index is -0.252. The van der Waals surface area contributed by atoms with Crippen LogP contribution in [0.25, 0.3) is 0 Å². The van der Waals surface area contributed by atoms with Crippen LogP contribution in [0.5, 0.6) is 17.2 Å². The van der Waals surface area contributed by atoms with Gasteiger partial charge in [-0.3, -0.25) is 4.79 Å². The van der Waals surface area contributed by atoms with E-state index in [-0.39, 0.29) is 41.1 Å². The first-order valence-electron chi connectivity index (χ1n) is 4.32. The van der Waals surface area contributed by atoms with Gasteiger partial charge in [0.05, 0.1) is 12.5 Å². The highest BCUT2D eigenvalue weighted by Gasteiger charge is 2.28. The maximum atomic E-state index is 11.6. The van der Waals surface area contributed by atoms with Gasteiger partial charge in [-0.2, -0.15) is 0 Å². The van der Waals surface area contributed by atoms with Gasteiger partial charge in [-0.1, -0.05) is 6.92 Å². The normalized spacial score (nSPS) is 20.1. The standard InChI is InChI=1S/C10H10O4/c1-5-4-14-8-3-6(11)2-7(12)9(8)10(5)13/h2-3,5,11-12H,4H2,1H3. The predicted octanol–water partition coefficient (Wildman–Crippen LogP) is 1.31. The van der Waals surface area contributed by atoms with E-state index in [4.69, 9.17) is 9.84 Å². The van der Waals surface area contributed by atoms with Crippen LogP contribution in [0.2, 0.25) is 0 Å². The zero-order valence-electron chi connectivity index (χ0n) is 7.65. The molecule has 0 saturated heterocycles. The number of ether oxygens (including phenoxy) is 1. The van der Waals surface area contributed by atoms with E-state index in [1.807, 2.05) is 0 Å². The highest BCUT2D eigenvalue weighted by molar-refractivity contribution is 6.03. The quantitative estimate of drug-likeness (QED) is 0.653. The van der Waals surface area contributed by atoms with Gasteiger partial charge < -0.3 is 14.9 Å². The van der Waals surface area contributed by atoms with Crippen molar-refractivity contribution in [2.24, 2.45) is 5.92 Å². The predicted molar refractivity (Wildman–Crippen MR) is 48.8 cm³/mol. The van der Waals surface area contributed by atoms with E-state index in [9.17, 15) is 9.90 Å². The Kier molecular flexibility index (Phi) is 1.84. The third-order valence-electron chi connectivity index (χ3n) is 2.25. The molecule has 1 aliphatic heterocycles. The van der Waals surface area contributed by atoms with Crippen molar-refractivity contribution in [2.45, 2.75) is 6.92 Å². The highest BCUT2D eigenvalue weighted by Crippen LogP contribution is 2.37. The molecular weight excluding hydrogens is 184 g/mol. The van der Waals surface area contributed by atoms with Gasteiger partial charge >= 0.3 is 0 Å². The minimum Gasteiger partial charge on any atom is -0.508 e. The molecule has 1 aromatic carbocycles. The molecule has 0 aromatic heterocycles. The molecule has 1 heterocycles. The van der Waals surface area contributed by atoms with Crippen molar-refractivity contribution in [2.75, 3.05) is 6.61 Å². The van der Waals surface area contributed by atoms with Gasteiger partial charge in [-0.05, 0) is 0 Å². The number of hydrogen-bond acceptors (Lipinski definition) is 4. The van der Waals surface area contributed by atoms with Crippen LogP contribution in [-0.2, 0) is 0 Å². The van der Waals surface area contributed by atoms with Gasteiger partial charge in [-0.25, -0.2) is 0 Å². The number of Topliss-reactive ketones (excluding diaryl/α,β-unsaturated/α-hetero) is 1. The lowest BCUT2D eigenvalue weighted by atomic mass is 9.96. The summed E-state index contributed by atoms with van der Waals surface area (Å²) >= 11 is 0. The van der Waals surface area contributed by atoms with Gasteiger partial charge in [0, 0.05) is 12.1 Å². The van der Waals surface area contributed by atoms with Crippen LogP contribution in [0.1, 0.15) is 17.3 Å². The van der Waals surface area contributed by atoms with Crippen LogP contribution >= 0.6 is 0 Å². The van der Waals surface area contributed by atoms with Crippen molar-refractivity contribution in [1.82, 2.24) is 0 Å². The number of ketones is 1. The molecule has 0 aliphatic carbocycles. The topological polar surface area (TPSA) is 66.8 Å². The van der Waals surface area contributed by atoms with Gasteiger partial charge in [0.1, 0.15) is 22.8 Å². The Balaban J connectivity index is 2.60. The Morgan fingerprint density at radius 1 is 1.43 bits per heavy atom. The molecule has 4 nitrogen and oxygen atoms in total. The van der Waals surface area contributed by atoms with Crippen LogP contribution in [0.15, 0.2) is 12.1 Å². The first-order valence-corrected chi connectivity index (χ1v) is 4.32. The molecule has 14 heavy (non-hydrogen) atoms. The highest BCUT2D eigenvalue weighted by atomic mass is 16.5. The van der Waals surface area contributed by atoms with E-state index >= 15 is 0 Å². The number of phenolic OH excluding ortho intramolecular Hbond substituents is 2. The first kappa shape index (κ1) is 8.87. The third-order valence-corrected chi connectivity index (χ3v) is 2.25. The third kappa shape index (κ3) is 1.19. The van der Waals surface area contributed by atoms with Gasteiger partial charge in [0.15, 0.2) is 5.78 Å². The van der Waals surface area contributed by atoms with Crippen LogP contribution in [-0.4, -0.2) is 22.6 Å². The summed E-state index contributed by atoms with van der Waals surface area (Å²) in [7, 11) is 0. The van der Waals surface area contributed by atoms with Crippen molar-refractivity contribution in [3.05, 3.63) is 17.7 Å². The van der Waals surface area contributed by atoms with E-state index in [2.05, 4.69) is 0 Å². The smallest absolute Gasteiger partial charge is 0.176 e. The molecule has 2 N–H and O–H groups in total. The summed E-state index contributed by atoms with van der Waals surface area (Å²) in [4.78, 5) is 11.6. The number of benzene rings is 1. The van der Waals surface area contributed by atoms with Crippen LogP contribution in [0.3, 0.4) is 0 Å². The molecule has 2 rings (SSSR count). The van der Waals surface area contributed by atoms with E-state index in [1.165, 1.54) is 6.07 Å². The molecule has 0 saturated carbocycles. The Morgan fingerprint density at radius 3 is 2.86 bits per heavy atom. The fraction of sp³-hybridized carbons (Fsp3) is 0.300. The van der Waals surface area contributed by atoms with Crippen molar-refractivity contribution < 1.29 is 19.7 Å². The van der Waals surface area contributed by atoms with E-state index in [1.54, 1.807) is 6.92 Å². The number of aromatic hydroxyl groups is 2. The maximum Gasteiger partial charge on any atom is 0.176 e. The summed E-state index contributed by atoms with van der Waals surface area (Å²) in [6.07, 6.45) is 0. The molecule has 0 spiro atoms. The van der Waals surface area contributed by atoms with Crippen molar-refractivity contribution in [3.8, 4) is 17.2 Å². The van der Waals surface area contributed by atoms with E-state index < -0.39 is 0 Å². The Morgan fingerprint density at radius 2 is 2.14 bits per heavy atom. The van der Waals surface area contributed by atoms with Gasteiger partial charge in [-0.15, -0.1) is 0 Å². The summed E-state index contributed by atoms with van der Waals surface area (Å²) in [6, 6.07) is 2.47. The first-order chi connectivity index (χ1) is 6.59. The summed E-state index contributed by atoms with van der Waals surface area (Å²) in [6.45, 7) is 2.02. The second-order valence-electron chi connectivity index (χ2n) is 3.41. The molecule has 1 atom stereocenters. The van der Waals surface area contributed by atoms with Crippen molar-refractivity contribution in [3.63, 3.8) is 0 Å². The Labute approximate surface area is 80.7 Å². The molecular formula is C10H10O4. The maximum absolute atomic E-state index is 11.6. The zero-order valence-corrected chi connectivity index (χ0v) is 7.65. The lowest BCUT2D eigenvalue weighted by Gasteiger charge is -2.21. The number of carbonyl (C=O) groups is 1. The van der Waals surface area contributed by atoms with E-state index in [0.717, 1.165) is 6.07 Å². The Hall–Kier alpha value is -1.71. The van der Waals surface area contributed by atoms with Crippen molar-refractivity contribution >= 4 is 5.78 Å². The summed E-state index contributed by atoms with van der Waals surface area (Å²) < 4.78 is 5.23. The van der Waals surface area contributed by atoms with Crippen molar-refractivity contribution in [1.29, 1.82) is 0 Å². The second kappa shape index (κ2) is 2.90. The number of phenols is 2. The van der Waals surface area contributed by atoms with Gasteiger partial charge in [0.2, 0.25) is 0 Å². The minimum absolute atomic E-state index is 0.108. The van der Waals surface area contributed by atoms with Gasteiger partial charge in [0.25, 0.3) is 0 Å². The lowest BCUT2D eigenvalue weighted by molar-refractivity contribution is 0.0844. The van der Waals surface area contributed by atoms with Crippen LogP contribution in [0.4, 0.5) is 0 Å². The summed E-state index contributed by atoms with van der Waals surface area (Å²) in [5.41, 5.74) is 0.168. The zero-order chi connectivity index (χ0) is 10.3. The second-order valence-corrected chi connectivity index (χ2v) is 3.41. The Bertz CT molecular complexity index is 397. The monoisotopic (exact) mass is 194 g/mol. The largest absolute Gasteiger partial charge is 0.508 e. The molecule has 74 valence electrons. The molecule has 0 fully saturated rings. The molecule has 1 aromatic rings. The average Bonchev–Trinajstić information content (AvgIpc) is 2.10. The lowest BCUT2D eigenvalue weighted by Crippen LogP contribution is -2.25. The van der Waals surface area contributed by atoms with Crippen LogP contribution < -0.4 is 4.74 Å². The molecule has 0 bridgehead atoms. The number of carbonyl (C=O) groups excluding carboxylic acids is 1. The fourth-order valence-electron chi connectivity index (χ4n) is 1.48.